The number of fused-ring (bicyclic) bond motifs is 1. The van der Waals surface area contributed by atoms with Gasteiger partial charge in [-0.05, 0) is 43.2 Å². The summed E-state index contributed by atoms with van der Waals surface area (Å²) in [7, 11) is 0. The highest BCUT2D eigenvalue weighted by atomic mass is 32.2. The maximum Gasteiger partial charge on any atom is 0.319 e. The fourth-order valence-electron chi connectivity index (χ4n) is 3.08. The highest BCUT2D eigenvalue weighted by Crippen LogP contribution is 2.31. The number of aryl methyl sites for hydroxylation is 2. The topological polar surface area (TPSA) is 61.2 Å². The first kappa shape index (κ1) is 16.8. The zero-order valence-electron chi connectivity index (χ0n) is 14.6. The number of nitrogens with zero attached hydrogens (tertiary/aromatic N) is 2. The van der Waals surface area contributed by atoms with E-state index < -0.39 is 0 Å². The van der Waals surface area contributed by atoms with Crippen molar-refractivity contribution in [2.75, 3.05) is 6.61 Å². The molecule has 3 aromatic rings. The molecule has 2 heterocycles. The van der Waals surface area contributed by atoms with Crippen molar-refractivity contribution in [3.63, 3.8) is 0 Å². The van der Waals surface area contributed by atoms with E-state index in [1.807, 2.05) is 50.2 Å². The van der Waals surface area contributed by atoms with E-state index in [1.54, 1.807) is 10.6 Å². The van der Waals surface area contributed by atoms with Crippen molar-refractivity contribution in [2.45, 2.75) is 30.7 Å². The van der Waals surface area contributed by atoms with Gasteiger partial charge in [0.15, 0.2) is 5.16 Å². The molecule has 26 heavy (non-hydrogen) atoms. The van der Waals surface area contributed by atoms with Gasteiger partial charge in [-0.3, -0.25) is 14.2 Å². The van der Waals surface area contributed by atoms with Gasteiger partial charge < -0.3 is 4.74 Å². The first-order chi connectivity index (χ1) is 12.5. The Morgan fingerprint density at radius 1 is 1.15 bits per heavy atom. The predicted octanol–water partition coefficient (Wildman–Crippen LogP) is 3.41. The first-order valence-corrected chi connectivity index (χ1v) is 9.35. The molecule has 4 rings (SSSR count). The molecule has 5 nitrogen and oxygen atoms in total. The number of esters is 1. The van der Waals surface area contributed by atoms with E-state index in [0.29, 0.717) is 29.1 Å². The molecule has 1 saturated heterocycles. The number of thioether (sulfide) groups is 1. The van der Waals surface area contributed by atoms with E-state index in [1.165, 1.54) is 11.8 Å². The number of carbonyl (C=O) groups is 1. The van der Waals surface area contributed by atoms with E-state index in [0.717, 1.165) is 16.8 Å². The molecule has 0 bridgehead atoms. The van der Waals surface area contributed by atoms with Crippen molar-refractivity contribution in [1.29, 1.82) is 0 Å². The van der Waals surface area contributed by atoms with E-state index in [4.69, 9.17) is 9.72 Å². The Balaban J connectivity index is 1.97. The number of para-hydroxylation sites is 1. The summed E-state index contributed by atoms with van der Waals surface area (Å²) in [5, 5.41) is 0.748. The average Bonchev–Trinajstić information content (AvgIpc) is 3.03. The van der Waals surface area contributed by atoms with Gasteiger partial charge in [0.05, 0.1) is 23.2 Å². The summed E-state index contributed by atoms with van der Waals surface area (Å²) in [5.74, 6) is -0.245. The molecule has 0 unspecified atom stereocenters. The van der Waals surface area contributed by atoms with Gasteiger partial charge >= 0.3 is 5.97 Å². The van der Waals surface area contributed by atoms with Crippen LogP contribution in [-0.4, -0.2) is 27.4 Å². The van der Waals surface area contributed by atoms with Crippen molar-refractivity contribution in [3.05, 3.63) is 63.9 Å². The molecule has 0 spiro atoms. The summed E-state index contributed by atoms with van der Waals surface area (Å²) in [6.07, 6.45) is 0.624. The van der Waals surface area contributed by atoms with Gasteiger partial charge in [0.25, 0.3) is 5.56 Å². The molecule has 6 heteroatoms. The van der Waals surface area contributed by atoms with Crippen LogP contribution in [-0.2, 0) is 9.53 Å². The lowest BCUT2D eigenvalue weighted by atomic mass is 10.1. The number of rotatable bonds is 3. The number of hydrogen-bond acceptors (Lipinski definition) is 5. The largest absolute Gasteiger partial charge is 0.465 e. The number of cyclic esters (lactones) is 1. The Bertz CT molecular complexity index is 1070. The minimum Gasteiger partial charge on any atom is -0.465 e. The van der Waals surface area contributed by atoms with Crippen molar-refractivity contribution >= 4 is 28.6 Å². The molecule has 1 fully saturated rings. The van der Waals surface area contributed by atoms with Crippen molar-refractivity contribution in [2.24, 2.45) is 0 Å². The Kier molecular flexibility index (Phi) is 4.28. The molecule has 0 N–H and O–H groups in total. The van der Waals surface area contributed by atoms with Crippen LogP contribution < -0.4 is 5.56 Å². The lowest BCUT2D eigenvalue weighted by Crippen LogP contribution is -2.24. The number of carbonyl (C=O) groups excluding carboxylic acids is 1. The fraction of sp³-hybridized carbons (Fsp3) is 0.250. The van der Waals surface area contributed by atoms with Crippen LogP contribution in [0.5, 0.6) is 0 Å². The van der Waals surface area contributed by atoms with Crippen LogP contribution in [0.2, 0.25) is 0 Å². The number of aromatic nitrogens is 2. The second kappa shape index (κ2) is 6.61. The Hall–Kier alpha value is -2.60. The van der Waals surface area contributed by atoms with Crippen LogP contribution in [0.4, 0.5) is 0 Å². The van der Waals surface area contributed by atoms with Gasteiger partial charge in [0.1, 0.15) is 5.25 Å². The predicted molar refractivity (Wildman–Crippen MR) is 102 cm³/mol. The van der Waals surface area contributed by atoms with Gasteiger partial charge in [0.2, 0.25) is 0 Å². The summed E-state index contributed by atoms with van der Waals surface area (Å²) >= 11 is 1.30. The molecular weight excluding hydrogens is 348 g/mol. The van der Waals surface area contributed by atoms with E-state index >= 15 is 0 Å². The molecule has 1 aliphatic heterocycles. The molecule has 0 saturated carbocycles. The SMILES string of the molecule is Cc1ccc(C)c(-n2c(S[C@H]3CCOC3=O)nc3ccccc3c2=O)c1. The second-order valence-electron chi connectivity index (χ2n) is 6.40. The summed E-state index contributed by atoms with van der Waals surface area (Å²) in [4.78, 5) is 29.9. The van der Waals surface area contributed by atoms with Crippen molar-refractivity contribution in [3.8, 4) is 5.69 Å². The Morgan fingerprint density at radius 2 is 1.96 bits per heavy atom. The monoisotopic (exact) mass is 366 g/mol. The Labute approximate surface area is 155 Å². The molecule has 0 aliphatic carbocycles. The standard InChI is InChI=1S/C20H18N2O3S/c1-12-7-8-13(2)16(11-12)22-18(23)14-5-3-4-6-15(14)21-20(22)26-17-9-10-25-19(17)24/h3-8,11,17H,9-10H2,1-2H3/t17-/m0/s1. The quantitative estimate of drug-likeness (QED) is 0.525. The second-order valence-corrected chi connectivity index (χ2v) is 7.57. The third-order valence-corrected chi connectivity index (χ3v) is 5.68. The molecule has 1 atom stereocenters. The summed E-state index contributed by atoms with van der Waals surface area (Å²) in [5.41, 5.74) is 3.33. The van der Waals surface area contributed by atoms with Crippen LogP contribution in [0.3, 0.4) is 0 Å². The summed E-state index contributed by atoms with van der Waals surface area (Å²) in [6.45, 7) is 4.37. The zero-order valence-corrected chi connectivity index (χ0v) is 15.4. The molecule has 1 aromatic heterocycles. The minimum absolute atomic E-state index is 0.127. The third-order valence-electron chi connectivity index (χ3n) is 4.49. The van der Waals surface area contributed by atoms with Gasteiger partial charge in [-0.2, -0.15) is 0 Å². The minimum atomic E-state index is -0.334. The summed E-state index contributed by atoms with van der Waals surface area (Å²) in [6, 6.07) is 13.3. The lowest BCUT2D eigenvalue weighted by molar-refractivity contribution is -0.137. The number of ether oxygens (including phenoxy) is 1. The van der Waals surface area contributed by atoms with Crippen LogP contribution >= 0.6 is 11.8 Å². The maximum atomic E-state index is 13.3. The fourth-order valence-corrected chi connectivity index (χ4v) is 4.15. The van der Waals surface area contributed by atoms with E-state index in [2.05, 4.69) is 0 Å². The lowest BCUT2D eigenvalue weighted by Gasteiger charge is -2.16. The number of benzene rings is 2. The average molecular weight is 366 g/mol. The molecular formula is C20H18N2O3S. The third kappa shape index (κ3) is 2.90. The molecule has 132 valence electrons. The number of hydrogen-bond donors (Lipinski definition) is 0. The Morgan fingerprint density at radius 3 is 2.73 bits per heavy atom. The van der Waals surface area contributed by atoms with Crippen molar-refractivity contribution < 1.29 is 9.53 Å². The van der Waals surface area contributed by atoms with Gasteiger partial charge in [-0.25, -0.2) is 4.98 Å². The maximum absolute atomic E-state index is 13.3. The van der Waals surface area contributed by atoms with Gasteiger partial charge in [0, 0.05) is 6.42 Å². The van der Waals surface area contributed by atoms with Crippen LogP contribution in [0.15, 0.2) is 52.4 Å². The van der Waals surface area contributed by atoms with Crippen LogP contribution in [0.1, 0.15) is 17.5 Å². The van der Waals surface area contributed by atoms with Crippen LogP contribution in [0.25, 0.3) is 16.6 Å². The zero-order chi connectivity index (χ0) is 18.3. The molecule has 0 radical (unpaired) electrons. The normalized spacial score (nSPS) is 16.8. The van der Waals surface area contributed by atoms with E-state index in [9.17, 15) is 9.59 Å². The van der Waals surface area contributed by atoms with Gasteiger partial charge in [-0.1, -0.05) is 36.0 Å². The van der Waals surface area contributed by atoms with Crippen molar-refractivity contribution in [1.82, 2.24) is 9.55 Å². The molecule has 2 aromatic carbocycles. The highest BCUT2D eigenvalue weighted by Gasteiger charge is 2.30. The smallest absolute Gasteiger partial charge is 0.319 e. The molecule has 0 amide bonds. The highest BCUT2D eigenvalue weighted by molar-refractivity contribution is 8.00. The van der Waals surface area contributed by atoms with Gasteiger partial charge in [-0.15, -0.1) is 0 Å². The van der Waals surface area contributed by atoms with Crippen LogP contribution in [0, 0.1) is 13.8 Å². The summed E-state index contributed by atoms with van der Waals surface area (Å²) < 4.78 is 6.69. The molecule has 1 aliphatic rings. The van der Waals surface area contributed by atoms with E-state index in [-0.39, 0.29) is 16.8 Å². The first-order valence-electron chi connectivity index (χ1n) is 8.47.